The van der Waals surface area contributed by atoms with Gasteiger partial charge in [0.1, 0.15) is 5.69 Å². The van der Waals surface area contributed by atoms with E-state index >= 15 is 0 Å². The second-order valence-corrected chi connectivity index (χ2v) is 3.89. The van der Waals surface area contributed by atoms with Gasteiger partial charge in [-0.15, -0.1) is 5.10 Å². The van der Waals surface area contributed by atoms with Gasteiger partial charge in [0.25, 0.3) is 0 Å². The molecule has 7 heteroatoms. The van der Waals surface area contributed by atoms with Gasteiger partial charge in [0.05, 0.1) is 12.0 Å². The van der Waals surface area contributed by atoms with Crippen molar-refractivity contribution in [3.8, 4) is 0 Å². The van der Waals surface area contributed by atoms with Gasteiger partial charge >= 0.3 is 0 Å². The fraction of sp³-hybridized carbons (Fsp3) is 0.364. The Kier molecular flexibility index (Phi) is 5.43. The summed E-state index contributed by atoms with van der Waals surface area (Å²) < 4.78 is 1.64. The Bertz CT molecular complexity index is 444. The average molecular weight is 250 g/mol. The third kappa shape index (κ3) is 5.15. The van der Waals surface area contributed by atoms with Gasteiger partial charge in [-0.3, -0.25) is 9.48 Å². The molecule has 0 atom stereocenters. The fourth-order valence-corrected chi connectivity index (χ4v) is 1.37. The highest BCUT2D eigenvalue weighted by Crippen LogP contribution is 2.04. The summed E-state index contributed by atoms with van der Waals surface area (Å²) in [6.45, 7) is 0.711. The van der Waals surface area contributed by atoms with E-state index in [1.54, 1.807) is 23.0 Å². The Morgan fingerprint density at radius 3 is 2.67 bits per heavy atom. The SMILES string of the molecule is NC(N)=C/C=C(\N)CCCCn1cc(C=O)nn1. The van der Waals surface area contributed by atoms with Gasteiger partial charge in [-0.05, 0) is 31.4 Å². The van der Waals surface area contributed by atoms with Crippen molar-refractivity contribution in [2.45, 2.75) is 25.8 Å². The van der Waals surface area contributed by atoms with E-state index in [-0.39, 0.29) is 5.82 Å². The number of rotatable bonds is 7. The molecule has 0 amide bonds. The molecule has 0 saturated carbocycles. The van der Waals surface area contributed by atoms with Gasteiger partial charge in [0.15, 0.2) is 6.29 Å². The maximum absolute atomic E-state index is 10.4. The van der Waals surface area contributed by atoms with Gasteiger partial charge < -0.3 is 17.2 Å². The molecule has 0 radical (unpaired) electrons. The maximum Gasteiger partial charge on any atom is 0.171 e. The van der Waals surface area contributed by atoms with Crippen molar-refractivity contribution < 1.29 is 4.79 Å². The van der Waals surface area contributed by atoms with Crippen molar-refractivity contribution in [2.24, 2.45) is 17.2 Å². The normalized spacial score (nSPS) is 11.2. The first-order valence-electron chi connectivity index (χ1n) is 5.64. The number of aldehydes is 1. The van der Waals surface area contributed by atoms with Gasteiger partial charge in [-0.25, -0.2) is 0 Å². The minimum atomic E-state index is 0.238. The Morgan fingerprint density at radius 2 is 2.06 bits per heavy atom. The molecule has 0 aliphatic carbocycles. The molecule has 0 aromatic carbocycles. The van der Waals surface area contributed by atoms with E-state index in [4.69, 9.17) is 17.2 Å². The Morgan fingerprint density at radius 1 is 1.28 bits per heavy atom. The average Bonchev–Trinajstić information content (AvgIpc) is 2.80. The smallest absolute Gasteiger partial charge is 0.171 e. The molecule has 0 aliphatic rings. The van der Waals surface area contributed by atoms with E-state index in [1.165, 1.54) is 0 Å². The van der Waals surface area contributed by atoms with Crippen LogP contribution in [0.5, 0.6) is 0 Å². The Labute approximate surface area is 105 Å². The van der Waals surface area contributed by atoms with Gasteiger partial charge in [0, 0.05) is 12.2 Å². The van der Waals surface area contributed by atoms with Crippen LogP contribution in [0, 0.1) is 0 Å². The van der Waals surface area contributed by atoms with Crippen molar-refractivity contribution in [3.63, 3.8) is 0 Å². The number of hydrogen-bond donors (Lipinski definition) is 3. The maximum atomic E-state index is 10.4. The second-order valence-electron chi connectivity index (χ2n) is 3.89. The van der Waals surface area contributed by atoms with E-state index in [0.717, 1.165) is 25.0 Å². The zero-order valence-corrected chi connectivity index (χ0v) is 10.1. The predicted molar refractivity (Wildman–Crippen MR) is 68.0 cm³/mol. The van der Waals surface area contributed by atoms with E-state index in [0.29, 0.717) is 18.5 Å². The molecule has 0 aliphatic heterocycles. The molecule has 1 rings (SSSR count). The lowest BCUT2D eigenvalue weighted by Crippen LogP contribution is -2.07. The number of aromatic nitrogens is 3. The summed E-state index contributed by atoms with van der Waals surface area (Å²) in [6.07, 6.45) is 8.14. The van der Waals surface area contributed by atoms with Crippen molar-refractivity contribution in [3.05, 3.63) is 35.6 Å². The van der Waals surface area contributed by atoms with E-state index in [2.05, 4.69) is 10.3 Å². The molecule has 98 valence electrons. The Hall–Kier alpha value is -2.31. The number of allylic oxidation sites excluding steroid dienone is 3. The second kappa shape index (κ2) is 7.10. The Balaban J connectivity index is 2.24. The largest absolute Gasteiger partial charge is 0.402 e. The quantitative estimate of drug-likeness (QED) is 0.351. The lowest BCUT2D eigenvalue weighted by molar-refractivity contribution is 0.111. The van der Waals surface area contributed by atoms with Crippen molar-refractivity contribution in [1.82, 2.24) is 15.0 Å². The van der Waals surface area contributed by atoms with Gasteiger partial charge in [-0.2, -0.15) is 0 Å². The highest BCUT2D eigenvalue weighted by atomic mass is 16.1. The van der Waals surface area contributed by atoms with Crippen LogP contribution in [0.2, 0.25) is 0 Å². The molecule has 0 spiro atoms. The molecule has 0 saturated heterocycles. The first-order chi connectivity index (χ1) is 8.61. The zero-order valence-electron chi connectivity index (χ0n) is 10.1. The molecule has 18 heavy (non-hydrogen) atoms. The van der Waals surface area contributed by atoms with E-state index in [9.17, 15) is 4.79 Å². The molecule has 1 aromatic heterocycles. The molecule has 6 N–H and O–H groups in total. The minimum absolute atomic E-state index is 0.238. The van der Waals surface area contributed by atoms with Crippen LogP contribution < -0.4 is 17.2 Å². The highest BCUT2D eigenvalue weighted by molar-refractivity contribution is 5.70. The van der Waals surface area contributed by atoms with Crippen LogP contribution in [-0.4, -0.2) is 21.3 Å². The highest BCUT2D eigenvalue weighted by Gasteiger charge is 1.98. The van der Waals surface area contributed by atoms with Gasteiger partial charge in [-0.1, -0.05) is 5.21 Å². The first kappa shape index (κ1) is 13.8. The van der Waals surface area contributed by atoms with Crippen LogP contribution in [0.3, 0.4) is 0 Å². The van der Waals surface area contributed by atoms with Crippen molar-refractivity contribution in [1.29, 1.82) is 0 Å². The van der Waals surface area contributed by atoms with Crippen molar-refractivity contribution in [2.75, 3.05) is 0 Å². The standard InChI is InChI=1S/C11H18N6O/c12-9(4-5-11(13)14)3-1-2-6-17-7-10(8-18)15-16-17/h4-5,7-8H,1-3,6,12-14H2/b9-4-. The molecule has 7 nitrogen and oxygen atoms in total. The number of nitrogens with two attached hydrogens (primary N) is 3. The third-order valence-corrected chi connectivity index (χ3v) is 2.27. The van der Waals surface area contributed by atoms with Crippen LogP contribution in [0.1, 0.15) is 29.8 Å². The van der Waals surface area contributed by atoms with E-state index in [1.807, 2.05) is 0 Å². The molecule has 0 fully saturated rings. The molecule has 1 heterocycles. The number of carbonyl (C=O) groups excluding carboxylic acids is 1. The molecule has 0 bridgehead atoms. The first-order valence-corrected chi connectivity index (χ1v) is 5.64. The van der Waals surface area contributed by atoms with Crippen molar-refractivity contribution >= 4 is 6.29 Å². The lowest BCUT2D eigenvalue weighted by Gasteiger charge is -2.01. The van der Waals surface area contributed by atoms with Crippen LogP contribution in [0.15, 0.2) is 29.9 Å². The summed E-state index contributed by atoms with van der Waals surface area (Å²) >= 11 is 0. The number of carbonyl (C=O) groups is 1. The monoisotopic (exact) mass is 250 g/mol. The summed E-state index contributed by atoms with van der Waals surface area (Å²) in [7, 11) is 0. The van der Waals surface area contributed by atoms with Crippen LogP contribution in [0.4, 0.5) is 0 Å². The summed E-state index contributed by atoms with van der Waals surface area (Å²) in [5.74, 6) is 0.238. The van der Waals surface area contributed by atoms with Crippen LogP contribution in [0.25, 0.3) is 0 Å². The number of aryl methyl sites for hydroxylation is 1. The van der Waals surface area contributed by atoms with E-state index < -0.39 is 0 Å². The lowest BCUT2D eigenvalue weighted by atomic mass is 10.2. The third-order valence-electron chi connectivity index (χ3n) is 2.27. The predicted octanol–water partition coefficient (Wildman–Crippen LogP) is -0.138. The molecule has 0 unspecified atom stereocenters. The number of unbranched alkanes of at least 4 members (excludes halogenated alkanes) is 1. The fourth-order valence-electron chi connectivity index (χ4n) is 1.37. The number of nitrogens with zero attached hydrogens (tertiary/aromatic N) is 3. The molecule has 1 aromatic rings. The zero-order chi connectivity index (χ0) is 13.4. The summed E-state index contributed by atoms with van der Waals surface area (Å²) in [6, 6.07) is 0. The molecular weight excluding hydrogens is 232 g/mol. The number of hydrogen-bond acceptors (Lipinski definition) is 6. The van der Waals surface area contributed by atoms with Crippen LogP contribution >= 0.6 is 0 Å². The van der Waals surface area contributed by atoms with Gasteiger partial charge in [0.2, 0.25) is 0 Å². The summed E-state index contributed by atoms with van der Waals surface area (Å²) in [4.78, 5) is 10.4. The summed E-state index contributed by atoms with van der Waals surface area (Å²) in [5, 5.41) is 7.48. The summed E-state index contributed by atoms with van der Waals surface area (Å²) in [5.41, 5.74) is 17.4. The molecular formula is C11H18N6O. The minimum Gasteiger partial charge on any atom is -0.402 e. The van der Waals surface area contributed by atoms with Crippen LogP contribution in [-0.2, 0) is 6.54 Å². The topological polar surface area (TPSA) is 126 Å².